The lowest BCUT2D eigenvalue weighted by atomic mass is 10.1. The number of unbranched alkanes of at least 4 members (excludes halogenated alkanes) is 7. The molecule has 24 heavy (non-hydrogen) atoms. The Kier molecular flexibility index (Phi) is 11.7. The molecule has 0 atom stereocenters. The highest BCUT2D eigenvalue weighted by Gasteiger charge is 2.04. The summed E-state index contributed by atoms with van der Waals surface area (Å²) in [5, 5.41) is 18.3. The molecule has 7 heteroatoms. The van der Waals surface area contributed by atoms with Crippen LogP contribution in [-0.2, 0) is 0 Å². The van der Waals surface area contributed by atoms with Gasteiger partial charge in [0.25, 0.3) is 0 Å². The van der Waals surface area contributed by atoms with E-state index in [4.69, 9.17) is 5.11 Å². The van der Waals surface area contributed by atoms with Gasteiger partial charge in [-0.25, -0.2) is 0 Å². The van der Waals surface area contributed by atoms with E-state index in [1.807, 2.05) is 13.8 Å². The molecule has 0 fully saturated rings. The number of aliphatic hydroxyl groups excluding tert-OH is 1. The van der Waals surface area contributed by atoms with Gasteiger partial charge in [-0.3, -0.25) is 0 Å². The number of rotatable bonds is 15. The number of hydrogen-bond acceptors (Lipinski definition) is 7. The van der Waals surface area contributed by atoms with Crippen LogP contribution in [0.25, 0.3) is 0 Å². The van der Waals surface area contributed by atoms with Gasteiger partial charge in [-0.05, 0) is 26.7 Å². The fourth-order valence-electron chi connectivity index (χ4n) is 2.43. The second kappa shape index (κ2) is 13.8. The van der Waals surface area contributed by atoms with Gasteiger partial charge in [-0.1, -0.05) is 38.5 Å². The van der Waals surface area contributed by atoms with Gasteiger partial charge in [0.15, 0.2) is 0 Å². The SMILES string of the molecule is CCNc1nc(NCC)nc(NCCCCCCCCCCO)n1. The Morgan fingerprint density at radius 1 is 0.625 bits per heavy atom. The first-order valence-corrected chi connectivity index (χ1v) is 9.38. The van der Waals surface area contributed by atoms with Crippen molar-refractivity contribution in [1.82, 2.24) is 15.0 Å². The molecule has 7 nitrogen and oxygen atoms in total. The molecule has 0 aliphatic heterocycles. The molecule has 0 aromatic carbocycles. The summed E-state index contributed by atoms with van der Waals surface area (Å²) in [6.07, 6.45) is 9.51. The van der Waals surface area contributed by atoms with Crippen LogP contribution in [0.15, 0.2) is 0 Å². The van der Waals surface area contributed by atoms with Gasteiger partial charge in [-0.2, -0.15) is 15.0 Å². The zero-order valence-electron chi connectivity index (χ0n) is 15.3. The minimum Gasteiger partial charge on any atom is -0.396 e. The third-order valence-electron chi connectivity index (χ3n) is 3.67. The Hall–Kier alpha value is -1.63. The van der Waals surface area contributed by atoms with Crippen molar-refractivity contribution < 1.29 is 5.11 Å². The van der Waals surface area contributed by atoms with Gasteiger partial charge in [0.05, 0.1) is 0 Å². The Balaban J connectivity index is 2.19. The monoisotopic (exact) mass is 338 g/mol. The second-order valence-corrected chi connectivity index (χ2v) is 5.85. The first-order chi connectivity index (χ1) is 11.8. The maximum Gasteiger partial charge on any atom is 0.229 e. The predicted molar refractivity (Wildman–Crippen MR) is 101 cm³/mol. The third-order valence-corrected chi connectivity index (χ3v) is 3.67. The van der Waals surface area contributed by atoms with Crippen molar-refractivity contribution in [3.05, 3.63) is 0 Å². The fourth-order valence-corrected chi connectivity index (χ4v) is 2.43. The summed E-state index contributed by atoms with van der Waals surface area (Å²) in [5.41, 5.74) is 0. The van der Waals surface area contributed by atoms with Crippen molar-refractivity contribution in [3.63, 3.8) is 0 Å². The fraction of sp³-hybridized carbons (Fsp3) is 0.824. The van der Waals surface area contributed by atoms with E-state index in [-0.39, 0.29) is 0 Å². The quantitative estimate of drug-likeness (QED) is 0.365. The van der Waals surface area contributed by atoms with Crippen molar-refractivity contribution in [2.45, 2.75) is 65.2 Å². The molecule has 0 amide bonds. The first-order valence-electron chi connectivity index (χ1n) is 9.38. The lowest BCUT2D eigenvalue weighted by Gasteiger charge is -2.09. The second-order valence-electron chi connectivity index (χ2n) is 5.85. The van der Waals surface area contributed by atoms with Crippen LogP contribution in [0.3, 0.4) is 0 Å². The van der Waals surface area contributed by atoms with E-state index in [0.29, 0.717) is 24.5 Å². The molecule has 0 saturated carbocycles. The number of nitrogens with one attached hydrogen (secondary N) is 3. The molecular formula is C17H34N6O. The summed E-state index contributed by atoms with van der Waals surface area (Å²) in [6.45, 7) is 6.82. The van der Waals surface area contributed by atoms with E-state index < -0.39 is 0 Å². The summed E-state index contributed by atoms with van der Waals surface area (Å²) >= 11 is 0. The Bertz CT molecular complexity index is 405. The number of nitrogens with zero attached hydrogens (tertiary/aromatic N) is 3. The average Bonchev–Trinajstić information content (AvgIpc) is 2.57. The van der Waals surface area contributed by atoms with Crippen LogP contribution in [-0.4, -0.2) is 46.3 Å². The number of aliphatic hydroxyl groups is 1. The van der Waals surface area contributed by atoms with E-state index in [1.165, 1.54) is 32.1 Å². The summed E-state index contributed by atoms with van der Waals surface area (Å²) < 4.78 is 0. The summed E-state index contributed by atoms with van der Waals surface area (Å²) in [7, 11) is 0. The average molecular weight is 339 g/mol. The normalized spacial score (nSPS) is 10.6. The molecule has 1 aromatic rings. The van der Waals surface area contributed by atoms with Crippen LogP contribution >= 0.6 is 0 Å². The van der Waals surface area contributed by atoms with Gasteiger partial charge < -0.3 is 21.1 Å². The topological polar surface area (TPSA) is 95.0 Å². The molecule has 1 heterocycles. The largest absolute Gasteiger partial charge is 0.396 e. The van der Waals surface area contributed by atoms with Crippen LogP contribution in [0, 0.1) is 0 Å². The van der Waals surface area contributed by atoms with Crippen LogP contribution in [0.2, 0.25) is 0 Å². The highest BCUT2D eigenvalue weighted by molar-refractivity contribution is 5.41. The van der Waals surface area contributed by atoms with Crippen molar-refractivity contribution >= 4 is 17.8 Å². The van der Waals surface area contributed by atoms with Gasteiger partial charge in [-0.15, -0.1) is 0 Å². The molecular weight excluding hydrogens is 304 g/mol. The van der Waals surface area contributed by atoms with Crippen LogP contribution < -0.4 is 16.0 Å². The highest BCUT2D eigenvalue weighted by atomic mass is 16.2. The molecule has 0 saturated heterocycles. The van der Waals surface area contributed by atoms with E-state index in [9.17, 15) is 0 Å². The summed E-state index contributed by atoms with van der Waals surface area (Å²) in [5.74, 6) is 1.84. The Morgan fingerprint density at radius 2 is 1.04 bits per heavy atom. The Labute approximate surface area is 146 Å². The summed E-state index contributed by atoms with van der Waals surface area (Å²) in [4.78, 5) is 13.1. The van der Waals surface area contributed by atoms with Crippen molar-refractivity contribution in [3.8, 4) is 0 Å². The molecule has 0 radical (unpaired) electrons. The molecule has 0 aliphatic carbocycles. The first kappa shape index (κ1) is 20.4. The van der Waals surface area contributed by atoms with Gasteiger partial charge in [0.2, 0.25) is 17.8 Å². The van der Waals surface area contributed by atoms with E-state index in [1.54, 1.807) is 0 Å². The number of hydrogen-bond donors (Lipinski definition) is 4. The van der Waals surface area contributed by atoms with Gasteiger partial charge in [0.1, 0.15) is 0 Å². The van der Waals surface area contributed by atoms with E-state index in [0.717, 1.165) is 38.9 Å². The molecule has 0 spiro atoms. The molecule has 1 aromatic heterocycles. The third kappa shape index (κ3) is 9.50. The molecule has 4 N–H and O–H groups in total. The molecule has 0 aliphatic rings. The van der Waals surface area contributed by atoms with E-state index in [2.05, 4.69) is 30.9 Å². The number of aromatic nitrogens is 3. The Morgan fingerprint density at radius 3 is 1.50 bits per heavy atom. The lowest BCUT2D eigenvalue weighted by Crippen LogP contribution is -2.12. The number of anilines is 3. The standard InChI is InChI=1S/C17H34N6O/c1-3-18-15-21-16(19-4-2)23-17(22-15)20-13-11-9-7-5-6-8-10-12-14-24/h24H,3-14H2,1-2H3,(H3,18,19,20,21,22,23). The maximum atomic E-state index is 8.73. The van der Waals surface area contributed by atoms with Crippen molar-refractivity contribution in [1.29, 1.82) is 0 Å². The van der Waals surface area contributed by atoms with Crippen molar-refractivity contribution in [2.24, 2.45) is 0 Å². The van der Waals surface area contributed by atoms with Crippen LogP contribution in [0.4, 0.5) is 17.8 Å². The summed E-state index contributed by atoms with van der Waals surface area (Å²) in [6, 6.07) is 0. The molecule has 1 rings (SSSR count). The minimum atomic E-state index is 0.327. The van der Waals surface area contributed by atoms with Crippen LogP contribution in [0.5, 0.6) is 0 Å². The van der Waals surface area contributed by atoms with E-state index >= 15 is 0 Å². The predicted octanol–water partition coefficient (Wildman–Crippen LogP) is 3.26. The maximum absolute atomic E-state index is 8.73. The molecule has 0 unspecified atom stereocenters. The highest BCUT2D eigenvalue weighted by Crippen LogP contribution is 2.11. The van der Waals surface area contributed by atoms with Gasteiger partial charge >= 0.3 is 0 Å². The lowest BCUT2D eigenvalue weighted by molar-refractivity contribution is 0.282. The minimum absolute atomic E-state index is 0.327. The van der Waals surface area contributed by atoms with Crippen molar-refractivity contribution in [2.75, 3.05) is 42.2 Å². The molecule has 0 bridgehead atoms. The zero-order valence-corrected chi connectivity index (χ0v) is 15.3. The zero-order chi connectivity index (χ0) is 17.5. The molecule has 138 valence electrons. The smallest absolute Gasteiger partial charge is 0.229 e. The van der Waals surface area contributed by atoms with Crippen LogP contribution in [0.1, 0.15) is 65.2 Å². The van der Waals surface area contributed by atoms with Gasteiger partial charge in [0, 0.05) is 26.2 Å².